The van der Waals surface area contributed by atoms with Gasteiger partial charge in [0, 0.05) is 36.1 Å². The first-order valence-corrected chi connectivity index (χ1v) is 13.8. The van der Waals surface area contributed by atoms with Crippen molar-refractivity contribution in [3.8, 4) is 17.2 Å². The summed E-state index contributed by atoms with van der Waals surface area (Å²) < 4.78 is 30.5. The molecule has 2 aromatic carbocycles. The number of nitriles is 1. The number of nitrogens with one attached hydrogen (secondary N) is 2. The molecule has 3 saturated heterocycles. The Hall–Kier alpha value is -3.84. The molecule has 2 aromatic rings. The van der Waals surface area contributed by atoms with Crippen molar-refractivity contribution < 1.29 is 28.3 Å². The SMILES string of the molecule is N#C[C@H](C[C@@H]1CCCNC1=O)NC(=O)[C@H]1[C@@H]2CC[C@@H](CC2(F)F)N1C(=O)C1(O)c2ccccc2-c2ccccc21. The molecule has 0 aromatic heterocycles. The molecule has 10 heteroatoms. The highest BCUT2D eigenvalue weighted by atomic mass is 19.3. The van der Waals surface area contributed by atoms with Crippen LogP contribution in [0.5, 0.6) is 0 Å². The van der Waals surface area contributed by atoms with E-state index in [4.69, 9.17) is 0 Å². The topological polar surface area (TPSA) is 123 Å². The Morgan fingerprint density at radius 2 is 1.75 bits per heavy atom. The maximum atomic E-state index is 15.2. The lowest BCUT2D eigenvalue weighted by Gasteiger charge is -2.54. The highest BCUT2D eigenvalue weighted by Crippen LogP contribution is 2.53. The third-order valence-corrected chi connectivity index (χ3v) is 9.06. The summed E-state index contributed by atoms with van der Waals surface area (Å²) in [5.41, 5.74) is -0.151. The van der Waals surface area contributed by atoms with Crippen LogP contribution in [0.1, 0.15) is 49.7 Å². The number of hydrogen-bond acceptors (Lipinski definition) is 5. The van der Waals surface area contributed by atoms with Crippen molar-refractivity contribution in [1.82, 2.24) is 15.5 Å². The molecule has 0 unspecified atom stereocenters. The maximum Gasteiger partial charge on any atom is 0.264 e. The number of benzene rings is 2. The molecule has 1 saturated carbocycles. The molecule has 0 radical (unpaired) electrons. The molecule has 0 spiro atoms. The average molecular weight is 549 g/mol. The number of nitrogens with zero attached hydrogens (tertiary/aromatic N) is 2. The summed E-state index contributed by atoms with van der Waals surface area (Å²) in [4.78, 5) is 41.5. The highest BCUT2D eigenvalue weighted by Gasteiger charge is 2.63. The molecular formula is C30H30F2N4O4. The number of amides is 3. The van der Waals surface area contributed by atoms with Gasteiger partial charge in [-0.25, -0.2) is 8.78 Å². The zero-order valence-electron chi connectivity index (χ0n) is 21.8. The van der Waals surface area contributed by atoms with Gasteiger partial charge in [-0.2, -0.15) is 5.26 Å². The van der Waals surface area contributed by atoms with Crippen molar-refractivity contribution in [3.63, 3.8) is 0 Å². The Morgan fingerprint density at radius 1 is 1.10 bits per heavy atom. The van der Waals surface area contributed by atoms with Crippen LogP contribution in [0.15, 0.2) is 48.5 Å². The van der Waals surface area contributed by atoms with Crippen LogP contribution < -0.4 is 10.6 Å². The molecule has 3 N–H and O–H groups in total. The van der Waals surface area contributed by atoms with E-state index in [1.807, 2.05) is 6.07 Å². The van der Waals surface area contributed by atoms with Crippen LogP contribution in [0.25, 0.3) is 11.1 Å². The summed E-state index contributed by atoms with van der Waals surface area (Å²) in [6.07, 6.45) is 1.06. The molecule has 5 atom stereocenters. The number of aliphatic hydroxyl groups is 1. The Morgan fingerprint density at radius 3 is 2.35 bits per heavy atom. The third-order valence-electron chi connectivity index (χ3n) is 9.06. The number of piperidine rings is 3. The van der Waals surface area contributed by atoms with Crippen LogP contribution in [0, 0.1) is 23.2 Å². The van der Waals surface area contributed by atoms with E-state index in [0.29, 0.717) is 35.2 Å². The molecule has 208 valence electrons. The standard InChI is InChI=1S/C30H30F2N4O4/c31-29(32)15-19-11-12-24(29)25(27(38)35-18(16-33)14-17-6-5-13-34-26(17)37)36(19)28(39)30(40)22-9-3-1-7-20(22)21-8-2-4-10-23(21)30/h1-4,7-10,17-19,24-25,40H,5-6,11-15H2,(H,34,37)(H,35,38)/t17-,18-,19-,24-,25+/m0/s1. The number of halogens is 2. The van der Waals surface area contributed by atoms with Gasteiger partial charge in [-0.3, -0.25) is 14.4 Å². The fraction of sp³-hybridized carbons (Fsp3) is 0.467. The zero-order chi connectivity index (χ0) is 28.2. The summed E-state index contributed by atoms with van der Waals surface area (Å²) >= 11 is 0. The summed E-state index contributed by atoms with van der Waals surface area (Å²) in [7, 11) is 0. The lowest BCUT2D eigenvalue weighted by molar-refractivity contribution is -0.201. The first kappa shape index (κ1) is 26.4. The van der Waals surface area contributed by atoms with Crippen LogP contribution in [-0.2, 0) is 20.0 Å². The van der Waals surface area contributed by atoms with E-state index in [2.05, 4.69) is 10.6 Å². The fourth-order valence-corrected chi connectivity index (χ4v) is 7.17. The largest absolute Gasteiger partial charge is 0.372 e. The first-order chi connectivity index (χ1) is 19.2. The Balaban J connectivity index is 1.35. The molecule has 3 aliphatic heterocycles. The molecule has 2 bridgehead atoms. The number of carbonyl (C=O) groups excluding carboxylic acids is 3. The van der Waals surface area contributed by atoms with Crippen LogP contribution in [0.3, 0.4) is 0 Å². The van der Waals surface area contributed by atoms with Crippen LogP contribution in [-0.4, -0.2) is 58.3 Å². The van der Waals surface area contributed by atoms with E-state index < -0.39 is 59.7 Å². The molecule has 4 fully saturated rings. The predicted molar refractivity (Wildman–Crippen MR) is 139 cm³/mol. The lowest BCUT2D eigenvalue weighted by Crippen LogP contribution is -2.70. The summed E-state index contributed by atoms with van der Waals surface area (Å²) in [6, 6.07) is 12.2. The molecule has 40 heavy (non-hydrogen) atoms. The molecule has 3 amide bonds. The number of alkyl halides is 2. The van der Waals surface area contributed by atoms with Gasteiger partial charge in [0.25, 0.3) is 11.8 Å². The van der Waals surface area contributed by atoms with Crippen LogP contribution in [0.4, 0.5) is 8.78 Å². The monoisotopic (exact) mass is 548 g/mol. The van der Waals surface area contributed by atoms with Gasteiger partial charge in [-0.1, -0.05) is 48.5 Å². The number of fused-ring (bicyclic) bond motifs is 6. The van der Waals surface area contributed by atoms with Gasteiger partial charge in [0.05, 0.1) is 12.0 Å². The minimum absolute atomic E-state index is 0.0351. The Bertz CT molecular complexity index is 1380. The smallest absolute Gasteiger partial charge is 0.264 e. The van der Waals surface area contributed by atoms with Crippen molar-refractivity contribution in [2.45, 2.75) is 68.2 Å². The molecule has 7 rings (SSSR count). The molecular weight excluding hydrogens is 518 g/mol. The van der Waals surface area contributed by atoms with Gasteiger partial charge < -0.3 is 20.6 Å². The fourth-order valence-electron chi connectivity index (χ4n) is 7.17. The second kappa shape index (κ2) is 9.66. The number of hydrogen-bond donors (Lipinski definition) is 3. The second-order valence-electron chi connectivity index (χ2n) is 11.3. The van der Waals surface area contributed by atoms with E-state index in [9.17, 15) is 24.8 Å². The quantitative estimate of drug-likeness (QED) is 0.531. The Labute approximate surface area is 230 Å². The van der Waals surface area contributed by atoms with Crippen molar-refractivity contribution in [2.75, 3.05) is 6.54 Å². The van der Waals surface area contributed by atoms with E-state index in [-0.39, 0.29) is 25.2 Å². The molecule has 3 heterocycles. The van der Waals surface area contributed by atoms with Crippen molar-refractivity contribution in [1.29, 1.82) is 5.26 Å². The van der Waals surface area contributed by atoms with E-state index in [0.717, 1.165) is 11.3 Å². The third kappa shape index (κ3) is 3.98. The summed E-state index contributed by atoms with van der Waals surface area (Å²) in [5, 5.41) is 27.2. The minimum Gasteiger partial charge on any atom is -0.372 e. The van der Waals surface area contributed by atoms with Crippen molar-refractivity contribution >= 4 is 17.7 Å². The zero-order valence-corrected chi connectivity index (χ0v) is 21.8. The van der Waals surface area contributed by atoms with Crippen molar-refractivity contribution in [2.24, 2.45) is 11.8 Å². The van der Waals surface area contributed by atoms with Gasteiger partial charge >= 0.3 is 0 Å². The van der Waals surface area contributed by atoms with Crippen LogP contribution >= 0.6 is 0 Å². The normalized spacial score (nSPS) is 28.1. The molecule has 8 nitrogen and oxygen atoms in total. The van der Waals surface area contributed by atoms with E-state index >= 15 is 8.78 Å². The average Bonchev–Trinajstić information content (AvgIpc) is 3.22. The van der Waals surface area contributed by atoms with Gasteiger partial charge in [0.1, 0.15) is 12.1 Å². The van der Waals surface area contributed by atoms with Crippen LogP contribution in [0.2, 0.25) is 0 Å². The van der Waals surface area contributed by atoms with Crippen molar-refractivity contribution in [3.05, 3.63) is 59.7 Å². The number of rotatable bonds is 5. The van der Waals surface area contributed by atoms with E-state index in [1.165, 1.54) is 0 Å². The Kier molecular flexibility index (Phi) is 6.37. The number of carbonyl (C=O) groups is 3. The van der Waals surface area contributed by atoms with E-state index in [1.54, 1.807) is 48.5 Å². The predicted octanol–water partition coefficient (Wildman–Crippen LogP) is 2.84. The van der Waals surface area contributed by atoms with Gasteiger partial charge in [-0.15, -0.1) is 0 Å². The van der Waals surface area contributed by atoms with Gasteiger partial charge in [0.2, 0.25) is 11.8 Å². The first-order valence-electron chi connectivity index (χ1n) is 13.8. The van der Waals surface area contributed by atoms with Gasteiger partial charge in [0.15, 0.2) is 5.60 Å². The summed E-state index contributed by atoms with van der Waals surface area (Å²) in [6.45, 7) is 0.547. The molecule has 2 aliphatic carbocycles. The molecule has 5 aliphatic rings. The maximum absolute atomic E-state index is 15.2. The lowest BCUT2D eigenvalue weighted by atomic mass is 9.70. The summed E-state index contributed by atoms with van der Waals surface area (Å²) in [5.74, 6) is -7.03. The highest BCUT2D eigenvalue weighted by molar-refractivity contribution is 6.01. The van der Waals surface area contributed by atoms with Gasteiger partial charge in [-0.05, 0) is 43.2 Å². The minimum atomic E-state index is -3.19. The second-order valence-corrected chi connectivity index (χ2v) is 11.3.